The van der Waals surface area contributed by atoms with Crippen LogP contribution < -0.4 is 4.74 Å². The third-order valence-electron chi connectivity index (χ3n) is 2.33. The minimum atomic E-state index is -4.63. The number of rotatable bonds is 2. The fourth-order valence-electron chi connectivity index (χ4n) is 1.45. The first-order valence-electron chi connectivity index (χ1n) is 5.16. The summed E-state index contributed by atoms with van der Waals surface area (Å²) in [5.74, 6) is -0.661. The van der Waals surface area contributed by atoms with Gasteiger partial charge >= 0.3 is 6.18 Å². The second-order valence-electron chi connectivity index (χ2n) is 3.63. The van der Waals surface area contributed by atoms with Crippen LogP contribution in [0.25, 0.3) is 11.3 Å². The molecule has 1 heterocycles. The van der Waals surface area contributed by atoms with Crippen molar-refractivity contribution in [2.45, 2.75) is 6.18 Å². The Morgan fingerprint density at radius 1 is 1.11 bits per heavy atom. The van der Waals surface area contributed by atoms with Crippen molar-refractivity contribution in [1.29, 1.82) is 0 Å². The number of aromatic nitrogens is 2. The molecule has 0 saturated heterocycles. The summed E-state index contributed by atoms with van der Waals surface area (Å²) in [4.78, 5) is 6.64. The SMILES string of the molecule is COc1ccc(-c2cc(Cl)nc(C(F)(F)F)n2)cc1. The zero-order chi connectivity index (χ0) is 14.0. The van der Waals surface area contributed by atoms with Gasteiger partial charge in [0, 0.05) is 11.6 Å². The van der Waals surface area contributed by atoms with Crippen LogP contribution in [0.15, 0.2) is 30.3 Å². The molecule has 0 fully saturated rings. The fourth-order valence-corrected chi connectivity index (χ4v) is 1.64. The number of ether oxygens (including phenoxy) is 1. The lowest BCUT2D eigenvalue weighted by atomic mass is 10.1. The Labute approximate surface area is 112 Å². The van der Waals surface area contributed by atoms with E-state index >= 15 is 0 Å². The monoisotopic (exact) mass is 288 g/mol. The van der Waals surface area contributed by atoms with Gasteiger partial charge in [-0.2, -0.15) is 13.2 Å². The van der Waals surface area contributed by atoms with E-state index in [-0.39, 0.29) is 10.8 Å². The Morgan fingerprint density at radius 3 is 2.26 bits per heavy atom. The normalized spacial score (nSPS) is 11.4. The highest BCUT2D eigenvalue weighted by Gasteiger charge is 2.35. The molecular weight excluding hydrogens is 281 g/mol. The highest BCUT2D eigenvalue weighted by molar-refractivity contribution is 6.29. The number of hydrogen-bond acceptors (Lipinski definition) is 3. The Hall–Kier alpha value is -1.82. The topological polar surface area (TPSA) is 35.0 Å². The average molecular weight is 289 g/mol. The quantitative estimate of drug-likeness (QED) is 0.788. The molecule has 2 rings (SSSR count). The van der Waals surface area contributed by atoms with E-state index in [1.807, 2.05) is 0 Å². The molecule has 1 aromatic heterocycles. The molecule has 100 valence electrons. The number of alkyl halides is 3. The lowest BCUT2D eigenvalue weighted by molar-refractivity contribution is -0.144. The minimum absolute atomic E-state index is 0.106. The van der Waals surface area contributed by atoms with Crippen molar-refractivity contribution < 1.29 is 17.9 Å². The van der Waals surface area contributed by atoms with Gasteiger partial charge in [0.05, 0.1) is 12.8 Å². The van der Waals surface area contributed by atoms with Gasteiger partial charge in [-0.25, -0.2) is 9.97 Å². The van der Waals surface area contributed by atoms with Gasteiger partial charge in [-0.15, -0.1) is 0 Å². The van der Waals surface area contributed by atoms with Gasteiger partial charge in [0.1, 0.15) is 10.9 Å². The van der Waals surface area contributed by atoms with Crippen molar-refractivity contribution in [3.8, 4) is 17.0 Å². The van der Waals surface area contributed by atoms with E-state index in [0.29, 0.717) is 11.3 Å². The Bertz CT molecular complexity index is 585. The Balaban J connectivity index is 2.46. The van der Waals surface area contributed by atoms with Gasteiger partial charge in [-0.1, -0.05) is 11.6 Å². The smallest absolute Gasteiger partial charge is 0.451 e. The van der Waals surface area contributed by atoms with Gasteiger partial charge in [-0.05, 0) is 24.3 Å². The molecule has 0 unspecified atom stereocenters. The second kappa shape index (κ2) is 5.05. The van der Waals surface area contributed by atoms with E-state index in [2.05, 4.69) is 9.97 Å². The van der Waals surface area contributed by atoms with E-state index in [1.165, 1.54) is 13.2 Å². The highest BCUT2D eigenvalue weighted by Crippen LogP contribution is 2.30. The lowest BCUT2D eigenvalue weighted by Crippen LogP contribution is -2.11. The van der Waals surface area contributed by atoms with Crippen molar-refractivity contribution in [1.82, 2.24) is 9.97 Å². The van der Waals surface area contributed by atoms with E-state index in [9.17, 15) is 13.2 Å². The van der Waals surface area contributed by atoms with Crippen LogP contribution in [0, 0.1) is 0 Å². The van der Waals surface area contributed by atoms with Gasteiger partial charge in [0.25, 0.3) is 0 Å². The van der Waals surface area contributed by atoms with E-state index in [1.54, 1.807) is 24.3 Å². The molecule has 0 saturated carbocycles. The summed E-state index contributed by atoms with van der Waals surface area (Å²) >= 11 is 5.59. The molecule has 0 bridgehead atoms. The molecule has 0 N–H and O–H groups in total. The van der Waals surface area contributed by atoms with Crippen molar-refractivity contribution in [3.05, 3.63) is 41.3 Å². The average Bonchev–Trinajstić information content (AvgIpc) is 2.37. The van der Waals surface area contributed by atoms with Crippen LogP contribution in [0.2, 0.25) is 5.15 Å². The van der Waals surface area contributed by atoms with Gasteiger partial charge < -0.3 is 4.74 Å². The summed E-state index contributed by atoms with van der Waals surface area (Å²) < 4.78 is 42.7. The zero-order valence-electron chi connectivity index (χ0n) is 9.70. The van der Waals surface area contributed by atoms with Crippen molar-refractivity contribution in [2.75, 3.05) is 7.11 Å². The maximum atomic E-state index is 12.6. The van der Waals surface area contributed by atoms with Crippen molar-refractivity contribution in [3.63, 3.8) is 0 Å². The van der Waals surface area contributed by atoms with E-state index in [0.717, 1.165) is 0 Å². The zero-order valence-corrected chi connectivity index (χ0v) is 10.5. The first-order chi connectivity index (χ1) is 8.90. The summed E-state index contributed by atoms with van der Waals surface area (Å²) in [6.07, 6.45) is -4.63. The third-order valence-corrected chi connectivity index (χ3v) is 2.53. The van der Waals surface area contributed by atoms with Crippen LogP contribution in [-0.2, 0) is 6.18 Å². The minimum Gasteiger partial charge on any atom is -0.497 e. The molecule has 0 amide bonds. The van der Waals surface area contributed by atoms with Crippen molar-refractivity contribution in [2.24, 2.45) is 0 Å². The molecule has 0 spiro atoms. The molecule has 19 heavy (non-hydrogen) atoms. The molecule has 3 nitrogen and oxygen atoms in total. The summed E-state index contributed by atoms with van der Waals surface area (Å²) in [5.41, 5.74) is 0.602. The number of nitrogens with zero attached hydrogens (tertiary/aromatic N) is 2. The van der Waals surface area contributed by atoms with Crippen LogP contribution in [0.5, 0.6) is 5.75 Å². The molecule has 0 atom stereocenters. The van der Waals surface area contributed by atoms with Gasteiger partial charge in [0.2, 0.25) is 5.82 Å². The molecule has 0 aliphatic carbocycles. The predicted octanol–water partition coefficient (Wildman–Crippen LogP) is 3.82. The lowest BCUT2D eigenvalue weighted by Gasteiger charge is -2.08. The van der Waals surface area contributed by atoms with Gasteiger partial charge in [0.15, 0.2) is 0 Å². The van der Waals surface area contributed by atoms with E-state index in [4.69, 9.17) is 16.3 Å². The third kappa shape index (κ3) is 3.14. The molecule has 1 aromatic carbocycles. The number of benzene rings is 1. The highest BCUT2D eigenvalue weighted by atomic mass is 35.5. The fraction of sp³-hybridized carbons (Fsp3) is 0.167. The Kier molecular flexibility index (Phi) is 3.61. The molecule has 0 aliphatic rings. The maximum absolute atomic E-state index is 12.6. The van der Waals surface area contributed by atoms with Crippen LogP contribution in [0.1, 0.15) is 5.82 Å². The summed E-state index contributed by atoms with van der Waals surface area (Å²) in [6, 6.07) is 7.71. The Morgan fingerprint density at radius 2 is 1.74 bits per heavy atom. The first kappa shape index (κ1) is 13.6. The number of hydrogen-bond donors (Lipinski definition) is 0. The number of methoxy groups -OCH3 is 1. The number of halogens is 4. The summed E-state index contributed by atoms with van der Waals surface area (Å²) in [7, 11) is 1.50. The second-order valence-corrected chi connectivity index (χ2v) is 4.01. The van der Waals surface area contributed by atoms with Gasteiger partial charge in [-0.3, -0.25) is 0 Å². The molecule has 2 aromatic rings. The van der Waals surface area contributed by atoms with Crippen LogP contribution in [0.3, 0.4) is 0 Å². The van der Waals surface area contributed by atoms with Crippen molar-refractivity contribution >= 4 is 11.6 Å². The van der Waals surface area contributed by atoms with Crippen LogP contribution >= 0.6 is 11.6 Å². The summed E-state index contributed by atoms with van der Waals surface area (Å²) in [6.45, 7) is 0. The standard InChI is InChI=1S/C12H8ClF3N2O/c1-19-8-4-2-7(3-5-8)9-6-10(13)18-11(17-9)12(14,15)16/h2-6H,1H3. The maximum Gasteiger partial charge on any atom is 0.451 e. The largest absolute Gasteiger partial charge is 0.497 e. The van der Waals surface area contributed by atoms with E-state index < -0.39 is 12.0 Å². The van der Waals surface area contributed by atoms with Crippen LogP contribution in [-0.4, -0.2) is 17.1 Å². The molecule has 7 heteroatoms. The first-order valence-corrected chi connectivity index (χ1v) is 5.54. The molecule has 0 aliphatic heterocycles. The molecule has 0 radical (unpaired) electrons. The van der Waals surface area contributed by atoms with Crippen LogP contribution in [0.4, 0.5) is 13.2 Å². The summed E-state index contributed by atoms with van der Waals surface area (Å²) in [5, 5.41) is -0.256. The predicted molar refractivity (Wildman–Crippen MR) is 64.0 cm³/mol. The molecular formula is C12H8ClF3N2O.